The molecule has 2 aromatic carbocycles. The molecule has 3 heterocycles. The first-order valence-electron chi connectivity index (χ1n) is 12.9. The van der Waals surface area contributed by atoms with Gasteiger partial charge in [-0.15, -0.1) is 0 Å². The summed E-state index contributed by atoms with van der Waals surface area (Å²) in [4.78, 5) is 34.2. The number of rotatable bonds is 5. The lowest BCUT2D eigenvalue weighted by Gasteiger charge is -2.24. The van der Waals surface area contributed by atoms with Gasteiger partial charge in [-0.1, -0.05) is 12.1 Å². The zero-order valence-corrected chi connectivity index (χ0v) is 20.2. The number of furan rings is 1. The van der Waals surface area contributed by atoms with Crippen LogP contribution in [-0.2, 0) is 9.59 Å². The first-order valence-corrected chi connectivity index (χ1v) is 12.9. The van der Waals surface area contributed by atoms with Crippen LogP contribution in [-0.4, -0.2) is 52.6 Å². The summed E-state index contributed by atoms with van der Waals surface area (Å²) in [6.07, 6.45) is 4.19. The Bertz CT molecular complexity index is 1540. The second-order valence-corrected chi connectivity index (χ2v) is 10.8. The molecule has 0 bridgehead atoms. The largest absolute Gasteiger partial charge is 0.446 e. The fourth-order valence-electron chi connectivity index (χ4n) is 5.66. The zero-order valence-electron chi connectivity index (χ0n) is 20.2. The number of nitriles is 1. The van der Waals surface area contributed by atoms with E-state index >= 15 is 4.39 Å². The minimum Gasteiger partial charge on any atom is -0.446 e. The van der Waals surface area contributed by atoms with Crippen molar-refractivity contribution in [1.82, 2.24) is 9.80 Å². The quantitative estimate of drug-likeness (QED) is 0.521. The molecule has 0 radical (unpaired) electrons. The molecule has 2 saturated carbocycles. The molecule has 186 valence electrons. The summed E-state index contributed by atoms with van der Waals surface area (Å²) in [5.74, 6) is 0.742. The summed E-state index contributed by atoms with van der Waals surface area (Å²) in [7, 11) is 0. The van der Waals surface area contributed by atoms with Crippen molar-refractivity contribution in [2.45, 2.75) is 37.6 Å². The number of nitrogens with zero attached hydrogens (tertiary/aromatic N) is 4. The van der Waals surface area contributed by atoms with Gasteiger partial charge in [-0.3, -0.25) is 19.5 Å². The lowest BCUT2D eigenvalue weighted by atomic mass is 10.0. The van der Waals surface area contributed by atoms with E-state index in [-0.39, 0.29) is 29.4 Å². The molecule has 1 aromatic heterocycles. The topological polar surface area (TPSA) is 89.9 Å². The zero-order chi connectivity index (χ0) is 25.3. The Balaban J connectivity index is 1.15. The maximum Gasteiger partial charge on any atom is 0.256 e. The number of fused-ring (bicyclic) bond motifs is 1. The maximum absolute atomic E-state index is 15.6. The van der Waals surface area contributed by atoms with Gasteiger partial charge in [0.1, 0.15) is 28.8 Å². The van der Waals surface area contributed by atoms with Crippen LogP contribution < -0.4 is 0 Å². The standard InChI is InChI=1S/C29H25FN4O3/c30-24-13-20(19-4-6-25-21(11-19)12-22(14-31)37-25)3-5-23(24)26-32-29(8-9-29)28(36)34(26)16-17-7-10-33(15-17)27(35)18-1-2-18/h3-6,11-13,17-18H,1-2,7-10,15-16H2. The van der Waals surface area contributed by atoms with Crippen LogP contribution in [0, 0.1) is 29.0 Å². The predicted molar refractivity (Wildman–Crippen MR) is 134 cm³/mol. The third-order valence-corrected chi connectivity index (χ3v) is 8.08. The van der Waals surface area contributed by atoms with E-state index < -0.39 is 11.4 Å². The molecule has 0 N–H and O–H groups in total. The van der Waals surface area contributed by atoms with Crippen molar-refractivity contribution < 1.29 is 18.4 Å². The van der Waals surface area contributed by atoms with Crippen molar-refractivity contribution >= 4 is 28.6 Å². The van der Waals surface area contributed by atoms with Crippen LogP contribution in [0.2, 0.25) is 0 Å². The van der Waals surface area contributed by atoms with E-state index in [2.05, 4.69) is 0 Å². The van der Waals surface area contributed by atoms with Crippen molar-refractivity contribution in [3.05, 3.63) is 59.6 Å². The minimum absolute atomic E-state index is 0.0448. The Hall–Kier alpha value is -3.99. The van der Waals surface area contributed by atoms with E-state index in [0.717, 1.165) is 36.8 Å². The lowest BCUT2D eigenvalue weighted by Crippen LogP contribution is -2.41. The molecule has 3 fully saturated rings. The van der Waals surface area contributed by atoms with E-state index in [9.17, 15) is 9.59 Å². The molecule has 2 aliphatic heterocycles. The summed E-state index contributed by atoms with van der Waals surface area (Å²) < 4.78 is 21.0. The lowest BCUT2D eigenvalue weighted by molar-refractivity contribution is -0.131. The molecule has 37 heavy (non-hydrogen) atoms. The molecule has 1 unspecified atom stereocenters. The summed E-state index contributed by atoms with van der Waals surface area (Å²) in [5, 5.41) is 9.85. The van der Waals surface area contributed by atoms with Crippen LogP contribution in [0.15, 0.2) is 51.9 Å². The number of amides is 2. The second kappa shape index (κ2) is 8.01. The normalized spacial score (nSPS) is 22.1. The van der Waals surface area contributed by atoms with Crippen LogP contribution in [0.4, 0.5) is 4.39 Å². The molecule has 3 aromatic rings. The fraction of sp³-hybridized carbons (Fsp3) is 0.379. The van der Waals surface area contributed by atoms with Crippen LogP contribution >= 0.6 is 0 Å². The molecular weight excluding hydrogens is 471 g/mol. The van der Waals surface area contributed by atoms with E-state index in [4.69, 9.17) is 14.7 Å². The van der Waals surface area contributed by atoms with Crippen molar-refractivity contribution in [3.8, 4) is 17.2 Å². The minimum atomic E-state index is -0.729. The number of benzene rings is 2. The third kappa shape index (κ3) is 3.72. The van der Waals surface area contributed by atoms with Crippen LogP contribution in [0.5, 0.6) is 0 Å². The van der Waals surface area contributed by atoms with Gasteiger partial charge in [-0.2, -0.15) is 5.26 Å². The number of carbonyl (C=O) groups is 2. The summed E-state index contributed by atoms with van der Waals surface area (Å²) in [6, 6.07) is 14.1. The van der Waals surface area contributed by atoms with Gasteiger partial charge >= 0.3 is 0 Å². The van der Waals surface area contributed by atoms with Gasteiger partial charge in [0.25, 0.3) is 5.91 Å². The van der Waals surface area contributed by atoms with Crippen molar-refractivity contribution in [2.75, 3.05) is 19.6 Å². The number of carbonyl (C=O) groups excluding carboxylic acids is 2. The van der Waals surface area contributed by atoms with E-state index in [1.54, 1.807) is 23.1 Å². The van der Waals surface area contributed by atoms with Crippen molar-refractivity contribution in [2.24, 2.45) is 16.8 Å². The Morgan fingerprint density at radius 3 is 2.65 bits per heavy atom. The van der Waals surface area contributed by atoms with E-state index in [1.165, 1.54) is 6.07 Å². The Kier molecular flexibility index (Phi) is 4.81. The average Bonchev–Trinajstić information content (AvgIpc) is 3.79. The molecule has 1 spiro atoms. The molecular formula is C29H25FN4O3. The maximum atomic E-state index is 15.6. The Labute approximate surface area is 213 Å². The Morgan fingerprint density at radius 2 is 1.92 bits per heavy atom. The second-order valence-electron chi connectivity index (χ2n) is 10.8. The van der Waals surface area contributed by atoms with Gasteiger partial charge in [-0.05, 0) is 73.4 Å². The van der Waals surface area contributed by atoms with Gasteiger partial charge in [0.05, 0.1) is 5.56 Å². The Morgan fingerprint density at radius 1 is 1.14 bits per heavy atom. The highest BCUT2D eigenvalue weighted by atomic mass is 19.1. The monoisotopic (exact) mass is 496 g/mol. The summed E-state index contributed by atoms with van der Waals surface area (Å²) >= 11 is 0. The summed E-state index contributed by atoms with van der Waals surface area (Å²) in [6.45, 7) is 1.82. The molecule has 7 rings (SSSR count). The van der Waals surface area contributed by atoms with Crippen LogP contribution in [0.3, 0.4) is 0 Å². The molecule has 8 heteroatoms. The third-order valence-electron chi connectivity index (χ3n) is 8.08. The van der Waals surface area contributed by atoms with Crippen LogP contribution in [0.1, 0.15) is 43.4 Å². The van der Waals surface area contributed by atoms with Gasteiger partial charge in [-0.25, -0.2) is 4.39 Å². The van der Waals surface area contributed by atoms with Crippen LogP contribution in [0.25, 0.3) is 22.1 Å². The number of likely N-dealkylation sites (tertiary alicyclic amines) is 1. The summed E-state index contributed by atoms with van der Waals surface area (Å²) in [5.41, 5.74) is 1.68. The predicted octanol–water partition coefficient (Wildman–Crippen LogP) is 4.49. The fourth-order valence-corrected chi connectivity index (χ4v) is 5.66. The molecule has 2 aliphatic carbocycles. The molecule has 4 aliphatic rings. The van der Waals surface area contributed by atoms with Gasteiger partial charge < -0.3 is 9.32 Å². The molecule has 1 saturated heterocycles. The smallest absolute Gasteiger partial charge is 0.256 e. The van der Waals surface area contributed by atoms with E-state index in [1.807, 2.05) is 29.2 Å². The number of amidine groups is 1. The first kappa shape index (κ1) is 22.2. The van der Waals surface area contributed by atoms with E-state index in [0.29, 0.717) is 48.5 Å². The number of hydrogen-bond acceptors (Lipinski definition) is 5. The van der Waals surface area contributed by atoms with Crippen molar-refractivity contribution in [3.63, 3.8) is 0 Å². The number of halogens is 1. The highest BCUT2D eigenvalue weighted by molar-refractivity contribution is 6.16. The molecule has 2 amide bonds. The SMILES string of the molecule is N#Cc1cc2cc(-c3ccc(C4=NC5(CC5)C(=O)N4CC4CCN(C(=O)C5CC5)C4)c(F)c3)ccc2o1. The molecule has 1 atom stereocenters. The van der Waals surface area contributed by atoms with Gasteiger partial charge in [0, 0.05) is 37.0 Å². The number of hydrogen-bond donors (Lipinski definition) is 0. The van der Waals surface area contributed by atoms with Gasteiger partial charge in [0.15, 0.2) is 0 Å². The van der Waals surface area contributed by atoms with Gasteiger partial charge in [0.2, 0.25) is 11.7 Å². The highest BCUT2D eigenvalue weighted by Gasteiger charge is 2.58. The van der Waals surface area contributed by atoms with Crippen molar-refractivity contribution in [1.29, 1.82) is 5.26 Å². The first-order chi connectivity index (χ1) is 17.9. The number of aliphatic imine (C=N–C) groups is 1. The molecule has 7 nitrogen and oxygen atoms in total. The average molecular weight is 497 g/mol. The highest BCUT2D eigenvalue weighted by Crippen LogP contribution is 2.46.